The summed E-state index contributed by atoms with van der Waals surface area (Å²) < 4.78 is 45.2. The number of hydrogen-bond donors (Lipinski definition) is 1. The van der Waals surface area contributed by atoms with E-state index < -0.39 is 12.1 Å². The van der Waals surface area contributed by atoms with Crippen molar-refractivity contribution in [2.45, 2.75) is 58.8 Å². The maximum Gasteiger partial charge on any atom is 0.490 e. The van der Waals surface area contributed by atoms with Crippen LogP contribution in [0.1, 0.15) is 37.4 Å². The highest BCUT2D eigenvalue weighted by atomic mass is 19.4. The summed E-state index contributed by atoms with van der Waals surface area (Å²) in [5, 5.41) is 7.12. The molecule has 1 N–H and O–H groups in total. The van der Waals surface area contributed by atoms with Crippen molar-refractivity contribution in [2.24, 2.45) is 0 Å². The molecule has 2 aromatic rings. The minimum Gasteiger partial charge on any atom is -0.475 e. The van der Waals surface area contributed by atoms with Gasteiger partial charge in [0.05, 0.1) is 43.2 Å². The molecule has 2 aromatic heterocycles. The number of hydrogen-bond acceptors (Lipinski definition) is 5. The molecular weight excluding hydrogens is 379 g/mol. The summed E-state index contributed by atoms with van der Waals surface area (Å²) in [5.41, 5.74) is 2.34. The van der Waals surface area contributed by atoms with Crippen molar-refractivity contribution in [1.29, 1.82) is 0 Å². The largest absolute Gasteiger partial charge is 0.490 e. The number of furan rings is 1. The average molecular weight is 403 g/mol. The van der Waals surface area contributed by atoms with Gasteiger partial charge < -0.3 is 18.8 Å². The van der Waals surface area contributed by atoms with E-state index in [0.717, 1.165) is 44.1 Å². The first-order valence-electron chi connectivity index (χ1n) is 8.86. The van der Waals surface area contributed by atoms with Crippen LogP contribution in [0.15, 0.2) is 29.1 Å². The van der Waals surface area contributed by atoms with Gasteiger partial charge >= 0.3 is 12.1 Å². The maximum atomic E-state index is 10.6. The van der Waals surface area contributed by atoms with E-state index in [1.54, 1.807) is 6.26 Å². The summed E-state index contributed by atoms with van der Waals surface area (Å²) in [4.78, 5) is 15.8. The minimum atomic E-state index is -5.08. The highest BCUT2D eigenvalue weighted by Gasteiger charge is 2.38. The van der Waals surface area contributed by atoms with Crippen LogP contribution in [0.5, 0.6) is 0 Å². The third-order valence-corrected chi connectivity index (χ3v) is 4.03. The number of imidazole rings is 1. The molecule has 10 heteroatoms. The second kappa shape index (κ2) is 9.74. The molecular formula is C18H24F3N3O4. The molecule has 0 atom stereocenters. The second-order valence-corrected chi connectivity index (χ2v) is 6.64. The number of rotatable bonds is 5. The van der Waals surface area contributed by atoms with Crippen LogP contribution < -0.4 is 0 Å². The molecule has 0 amide bonds. The van der Waals surface area contributed by atoms with E-state index in [-0.39, 0.29) is 6.10 Å². The third-order valence-electron chi connectivity index (χ3n) is 4.03. The standard InChI is InChI=1S/C16H23N3O2.C2HF3O2/c1-13(2)21-11-15-16-10-18(9-14-5-3-8-20-14)6-4-7-19(16)12-17-15;3-2(4,5)1(6)7/h3,5,8,12-13H,4,6-7,9-11H2,1-2H3;(H,6,7). The Labute approximate surface area is 160 Å². The Morgan fingerprint density at radius 1 is 1.39 bits per heavy atom. The predicted octanol–water partition coefficient (Wildman–Crippen LogP) is 3.44. The molecule has 0 aliphatic carbocycles. The molecule has 0 fully saturated rings. The molecule has 0 spiro atoms. The van der Waals surface area contributed by atoms with E-state index in [9.17, 15) is 13.2 Å². The van der Waals surface area contributed by atoms with Crippen LogP contribution in [0, 0.1) is 0 Å². The second-order valence-electron chi connectivity index (χ2n) is 6.64. The lowest BCUT2D eigenvalue weighted by Crippen LogP contribution is -2.23. The normalized spacial score (nSPS) is 14.9. The van der Waals surface area contributed by atoms with E-state index in [0.29, 0.717) is 6.61 Å². The first-order valence-corrected chi connectivity index (χ1v) is 8.86. The number of halogens is 3. The summed E-state index contributed by atoms with van der Waals surface area (Å²) in [5.74, 6) is -1.74. The van der Waals surface area contributed by atoms with Crippen LogP contribution in [0.25, 0.3) is 0 Å². The van der Waals surface area contributed by atoms with Gasteiger partial charge in [-0.25, -0.2) is 9.78 Å². The number of carboxylic acids is 1. The quantitative estimate of drug-likeness (QED) is 0.824. The van der Waals surface area contributed by atoms with Gasteiger partial charge in [0.1, 0.15) is 5.76 Å². The molecule has 1 aliphatic heterocycles. The Hall–Kier alpha value is -2.33. The highest BCUT2D eigenvalue weighted by molar-refractivity contribution is 5.73. The number of carboxylic acid groups (broad SMARTS) is 1. The number of aryl methyl sites for hydroxylation is 1. The van der Waals surface area contributed by atoms with E-state index >= 15 is 0 Å². The fourth-order valence-corrected chi connectivity index (χ4v) is 2.70. The van der Waals surface area contributed by atoms with Crippen molar-refractivity contribution in [3.05, 3.63) is 41.9 Å². The van der Waals surface area contributed by atoms with Gasteiger partial charge in [-0.15, -0.1) is 0 Å². The summed E-state index contributed by atoms with van der Waals surface area (Å²) in [7, 11) is 0. The Balaban J connectivity index is 0.000000345. The molecule has 156 valence electrons. The molecule has 0 unspecified atom stereocenters. The van der Waals surface area contributed by atoms with Crippen molar-refractivity contribution < 1.29 is 32.2 Å². The van der Waals surface area contributed by atoms with Crippen LogP contribution in [-0.4, -0.2) is 44.4 Å². The van der Waals surface area contributed by atoms with Gasteiger partial charge in [0, 0.05) is 19.6 Å². The number of aromatic nitrogens is 2. The SMILES string of the molecule is CC(C)OCc1ncn2c1CN(Cc1ccco1)CCC2.O=C(O)C(F)(F)F. The monoisotopic (exact) mass is 403 g/mol. The average Bonchev–Trinajstić information content (AvgIpc) is 3.19. The van der Waals surface area contributed by atoms with Crippen molar-refractivity contribution in [3.8, 4) is 0 Å². The molecule has 0 aromatic carbocycles. The van der Waals surface area contributed by atoms with Crippen LogP contribution >= 0.6 is 0 Å². The lowest BCUT2D eigenvalue weighted by molar-refractivity contribution is -0.192. The number of ether oxygens (including phenoxy) is 1. The molecule has 3 heterocycles. The van der Waals surface area contributed by atoms with Crippen molar-refractivity contribution in [3.63, 3.8) is 0 Å². The minimum absolute atomic E-state index is 0.229. The molecule has 0 saturated carbocycles. The van der Waals surface area contributed by atoms with Gasteiger partial charge in [-0.1, -0.05) is 0 Å². The zero-order valence-corrected chi connectivity index (χ0v) is 15.8. The number of carbonyl (C=O) groups is 1. The van der Waals surface area contributed by atoms with Crippen molar-refractivity contribution in [2.75, 3.05) is 6.54 Å². The molecule has 0 saturated heterocycles. The van der Waals surface area contributed by atoms with Crippen LogP contribution in [-0.2, 0) is 35.8 Å². The fourth-order valence-electron chi connectivity index (χ4n) is 2.70. The summed E-state index contributed by atoms with van der Waals surface area (Å²) in [6.45, 7) is 8.55. The predicted molar refractivity (Wildman–Crippen MR) is 93.3 cm³/mol. The van der Waals surface area contributed by atoms with Crippen molar-refractivity contribution in [1.82, 2.24) is 14.5 Å². The summed E-state index contributed by atoms with van der Waals surface area (Å²) >= 11 is 0. The lowest BCUT2D eigenvalue weighted by Gasteiger charge is -2.18. The van der Waals surface area contributed by atoms with E-state index in [1.165, 1.54) is 5.69 Å². The van der Waals surface area contributed by atoms with Crippen LogP contribution in [0.4, 0.5) is 13.2 Å². The van der Waals surface area contributed by atoms with Gasteiger partial charge in [-0.3, -0.25) is 4.90 Å². The highest BCUT2D eigenvalue weighted by Crippen LogP contribution is 2.19. The van der Waals surface area contributed by atoms with Crippen LogP contribution in [0.2, 0.25) is 0 Å². The molecule has 0 radical (unpaired) electrons. The van der Waals surface area contributed by atoms with E-state index in [2.05, 4.69) is 28.3 Å². The molecule has 28 heavy (non-hydrogen) atoms. The summed E-state index contributed by atoms with van der Waals surface area (Å²) in [6.07, 6.45) is -0.0362. The Morgan fingerprint density at radius 3 is 2.68 bits per heavy atom. The van der Waals surface area contributed by atoms with Crippen LogP contribution in [0.3, 0.4) is 0 Å². The topological polar surface area (TPSA) is 80.7 Å². The smallest absolute Gasteiger partial charge is 0.475 e. The Bertz CT molecular complexity index is 742. The number of alkyl halides is 3. The molecule has 3 rings (SSSR count). The maximum absolute atomic E-state index is 10.6. The zero-order valence-electron chi connectivity index (χ0n) is 15.8. The van der Waals surface area contributed by atoms with Gasteiger partial charge in [0.2, 0.25) is 0 Å². The first-order chi connectivity index (χ1) is 13.2. The van der Waals surface area contributed by atoms with Gasteiger partial charge in [0.25, 0.3) is 0 Å². The Kier molecular flexibility index (Phi) is 7.64. The molecule has 1 aliphatic rings. The van der Waals surface area contributed by atoms with E-state index in [4.69, 9.17) is 19.1 Å². The van der Waals surface area contributed by atoms with Gasteiger partial charge in [-0.2, -0.15) is 13.2 Å². The lowest BCUT2D eigenvalue weighted by atomic mass is 10.3. The summed E-state index contributed by atoms with van der Waals surface area (Å²) in [6, 6.07) is 3.98. The fraction of sp³-hybridized carbons (Fsp3) is 0.556. The van der Waals surface area contributed by atoms with E-state index in [1.807, 2.05) is 18.5 Å². The first kappa shape index (κ1) is 22.0. The van der Waals surface area contributed by atoms with Gasteiger partial charge in [-0.05, 0) is 32.4 Å². The Morgan fingerprint density at radius 2 is 2.11 bits per heavy atom. The number of fused-ring (bicyclic) bond motifs is 1. The molecule has 0 bridgehead atoms. The third kappa shape index (κ3) is 6.68. The number of nitrogens with zero attached hydrogens (tertiary/aromatic N) is 3. The molecule has 7 nitrogen and oxygen atoms in total. The van der Waals surface area contributed by atoms with Gasteiger partial charge in [0.15, 0.2) is 0 Å². The number of aliphatic carboxylic acids is 1. The zero-order chi connectivity index (χ0) is 20.7. The van der Waals surface area contributed by atoms with Crippen molar-refractivity contribution >= 4 is 5.97 Å².